The van der Waals surface area contributed by atoms with E-state index in [9.17, 15) is 9.59 Å². The van der Waals surface area contributed by atoms with Gasteiger partial charge in [0.05, 0.1) is 16.2 Å². The molecule has 0 saturated heterocycles. The second-order valence-corrected chi connectivity index (χ2v) is 7.68. The summed E-state index contributed by atoms with van der Waals surface area (Å²) in [6.07, 6.45) is 0. The molecule has 5 nitrogen and oxygen atoms in total. The highest BCUT2D eigenvalue weighted by Gasteiger charge is 2.22. The Hall–Kier alpha value is -2.60. The van der Waals surface area contributed by atoms with Crippen LogP contribution in [0.25, 0.3) is 10.9 Å². The predicted molar refractivity (Wildman–Crippen MR) is 110 cm³/mol. The standard InChI is InChI=1S/C21H23N3O2S/c1-4-24(14-16-10-6-5-7-11-16)19(25)15(2)27-21-22-18-13-9-8-12-17(18)20(26)23(21)3/h5-13,15H,4,14H2,1-3H3. The van der Waals surface area contributed by atoms with Crippen molar-refractivity contribution in [1.82, 2.24) is 14.5 Å². The summed E-state index contributed by atoms with van der Waals surface area (Å²) in [6, 6.07) is 17.2. The molecule has 1 amide bonds. The van der Waals surface area contributed by atoms with E-state index in [0.717, 1.165) is 5.56 Å². The molecule has 1 unspecified atom stereocenters. The quantitative estimate of drug-likeness (QED) is 0.485. The lowest BCUT2D eigenvalue weighted by Gasteiger charge is -2.24. The largest absolute Gasteiger partial charge is 0.338 e. The van der Waals surface area contributed by atoms with E-state index < -0.39 is 0 Å². The van der Waals surface area contributed by atoms with Gasteiger partial charge in [-0.25, -0.2) is 4.98 Å². The SMILES string of the molecule is CCN(Cc1ccccc1)C(=O)C(C)Sc1nc2ccccc2c(=O)n1C. The minimum atomic E-state index is -0.340. The van der Waals surface area contributed by atoms with Gasteiger partial charge in [-0.1, -0.05) is 54.2 Å². The Morgan fingerprint density at radius 2 is 1.81 bits per heavy atom. The van der Waals surface area contributed by atoms with Crippen molar-refractivity contribution in [3.63, 3.8) is 0 Å². The van der Waals surface area contributed by atoms with E-state index in [4.69, 9.17) is 0 Å². The van der Waals surface area contributed by atoms with E-state index in [1.807, 2.05) is 67.3 Å². The number of nitrogens with zero attached hydrogens (tertiary/aromatic N) is 3. The van der Waals surface area contributed by atoms with E-state index in [0.29, 0.717) is 29.1 Å². The number of para-hydroxylation sites is 1. The van der Waals surface area contributed by atoms with Crippen LogP contribution in [0.15, 0.2) is 64.5 Å². The van der Waals surface area contributed by atoms with E-state index in [2.05, 4.69) is 4.98 Å². The molecule has 140 valence electrons. The highest BCUT2D eigenvalue weighted by molar-refractivity contribution is 8.00. The van der Waals surface area contributed by atoms with E-state index in [1.165, 1.54) is 16.3 Å². The molecule has 0 aliphatic heterocycles. The van der Waals surface area contributed by atoms with E-state index >= 15 is 0 Å². The zero-order valence-corrected chi connectivity index (χ0v) is 16.6. The first-order valence-electron chi connectivity index (χ1n) is 8.96. The van der Waals surface area contributed by atoms with Gasteiger partial charge in [0.25, 0.3) is 5.56 Å². The van der Waals surface area contributed by atoms with Gasteiger partial charge in [0.2, 0.25) is 5.91 Å². The van der Waals surface area contributed by atoms with Crippen molar-refractivity contribution in [3.05, 3.63) is 70.5 Å². The summed E-state index contributed by atoms with van der Waals surface area (Å²) in [5.74, 6) is 0.0359. The van der Waals surface area contributed by atoms with Crippen LogP contribution in [0.4, 0.5) is 0 Å². The molecule has 0 aliphatic rings. The van der Waals surface area contributed by atoms with Gasteiger partial charge in [0, 0.05) is 20.1 Å². The van der Waals surface area contributed by atoms with Crippen molar-refractivity contribution in [3.8, 4) is 0 Å². The van der Waals surface area contributed by atoms with Crippen LogP contribution in [0.1, 0.15) is 19.4 Å². The lowest BCUT2D eigenvalue weighted by atomic mass is 10.2. The maximum Gasteiger partial charge on any atom is 0.261 e. The second kappa shape index (κ2) is 8.39. The molecule has 6 heteroatoms. The van der Waals surface area contributed by atoms with Gasteiger partial charge < -0.3 is 4.90 Å². The van der Waals surface area contributed by atoms with Gasteiger partial charge >= 0.3 is 0 Å². The number of amides is 1. The van der Waals surface area contributed by atoms with Crippen LogP contribution in [-0.2, 0) is 18.4 Å². The van der Waals surface area contributed by atoms with E-state index in [1.54, 1.807) is 13.1 Å². The molecular formula is C21H23N3O2S. The summed E-state index contributed by atoms with van der Waals surface area (Å²) in [4.78, 5) is 31.9. The van der Waals surface area contributed by atoms with Crippen LogP contribution in [0, 0.1) is 0 Å². The number of benzene rings is 2. The minimum Gasteiger partial charge on any atom is -0.338 e. The Morgan fingerprint density at radius 1 is 1.15 bits per heavy atom. The third-order valence-corrected chi connectivity index (χ3v) is 5.61. The third-order valence-electron chi connectivity index (χ3n) is 4.48. The lowest BCUT2D eigenvalue weighted by Crippen LogP contribution is -2.36. The molecule has 0 saturated carbocycles. The van der Waals surface area contributed by atoms with Crippen molar-refractivity contribution < 1.29 is 4.79 Å². The molecule has 0 radical (unpaired) electrons. The van der Waals surface area contributed by atoms with Crippen LogP contribution in [-0.4, -0.2) is 32.2 Å². The Morgan fingerprint density at radius 3 is 2.52 bits per heavy atom. The van der Waals surface area contributed by atoms with Gasteiger partial charge in [-0.15, -0.1) is 0 Å². The van der Waals surface area contributed by atoms with Gasteiger partial charge in [0.15, 0.2) is 5.16 Å². The first-order valence-corrected chi connectivity index (χ1v) is 9.84. The monoisotopic (exact) mass is 381 g/mol. The highest BCUT2D eigenvalue weighted by Crippen LogP contribution is 2.23. The molecule has 0 fully saturated rings. The summed E-state index contributed by atoms with van der Waals surface area (Å²) in [7, 11) is 1.70. The smallest absolute Gasteiger partial charge is 0.261 e. The fourth-order valence-electron chi connectivity index (χ4n) is 2.92. The average molecular weight is 382 g/mol. The Kier molecular flexibility index (Phi) is 5.96. The van der Waals surface area contributed by atoms with Crippen molar-refractivity contribution in [1.29, 1.82) is 0 Å². The van der Waals surface area contributed by atoms with Crippen molar-refractivity contribution in [2.75, 3.05) is 6.54 Å². The normalized spacial score (nSPS) is 12.1. The van der Waals surface area contributed by atoms with Crippen molar-refractivity contribution in [2.24, 2.45) is 7.05 Å². The minimum absolute atomic E-state index is 0.0359. The number of hydrogen-bond donors (Lipinski definition) is 0. The number of rotatable bonds is 6. The molecule has 3 rings (SSSR count). The molecule has 1 heterocycles. The zero-order chi connectivity index (χ0) is 19.4. The van der Waals surface area contributed by atoms with Gasteiger partial charge in [-0.2, -0.15) is 0 Å². The Balaban J connectivity index is 1.80. The molecule has 0 N–H and O–H groups in total. The fraction of sp³-hybridized carbons (Fsp3) is 0.286. The maximum absolute atomic E-state index is 12.9. The van der Waals surface area contributed by atoms with Gasteiger partial charge in [-0.3, -0.25) is 14.2 Å². The second-order valence-electron chi connectivity index (χ2n) is 6.37. The summed E-state index contributed by atoms with van der Waals surface area (Å²) in [5.41, 5.74) is 1.65. The zero-order valence-electron chi connectivity index (χ0n) is 15.8. The average Bonchev–Trinajstić information content (AvgIpc) is 2.70. The topological polar surface area (TPSA) is 55.2 Å². The number of aromatic nitrogens is 2. The molecule has 0 aliphatic carbocycles. The third kappa shape index (κ3) is 4.22. The summed E-state index contributed by atoms with van der Waals surface area (Å²) < 4.78 is 1.52. The summed E-state index contributed by atoms with van der Waals surface area (Å²) in [6.45, 7) is 5.04. The van der Waals surface area contributed by atoms with E-state index in [-0.39, 0.29) is 16.7 Å². The van der Waals surface area contributed by atoms with Crippen molar-refractivity contribution >= 4 is 28.6 Å². The first kappa shape index (κ1) is 19.2. The van der Waals surface area contributed by atoms with Crippen LogP contribution in [0.2, 0.25) is 0 Å². The summed E-state index contributed by atoms with van der Waals surface area (Å²) in [5, 5.41) is 0.797. The highest BCUT2D eigenvalue weighted by atomic mass is 32.2. The predicted octanol–water partition coefficient (Wildman–Crippen LogP) is 3.46. The number of carbonyl (C=O) groups excluding carboxylic acids is 1. The van der Waals surface area contributed by atoms with Gasteiger partial charge in [0.1, 0.15) is 0 Å². The Bertz CT molecular complexity index is 1000. The van der Waals surface area contributed by atoms with Crippen molar-refractivity contribution in [2.45, 2.75) is 30.8 Å². The summed E-state index contributed by atoms with van der Waals surface area (Å²) >= 11 is 1.32. The molecule has 3 aromatic rings. The van der Waals surface area contributed by atoms with Crippen LogP contribution in [0.3, 0.4) is 0 Å². The first-order chi connectivity index (χ1) is 13.0. The molecule has 1 aromatic heterocycles. The van der Waals surface area contributed by atoms with Gasteiger partial charge in [-0.05, 0) is 31.5 Å². The molecule has 2 aromatic carbocycles. The van der Waals surface area contributed by atoms with Crippen LogP contribution >= 0.6 is 11.8 Å². The molecule has 0 bridgehead atoms. The number of carbonyl (C=O) groups is 1. The maximum atomic E-state index is 12.9. The molecular weight excluding hydrogens is 358 g/mol. The Labute approximate surface area is 163 Å². The van der Waals surface area contributed by atoms with Crippen LogP contribution in [0.5, 0.6) is 0 Å². The number of fused-ring (bicyclic) bond motifs is 1. The molecule has 1 atom stereocenters. The molecule has 27 heavy (non-hydrogen) atoms. The fourth-order valence-corrected chi connectivity index (χ4v) is 3.88. The molecule has 0 spiro atoms. The lowest BCUT2D eigenvalue weighted by molar-refractivity contribution is -0.130. The number of thioether (sulfide) groups is 1. The van der Waals surface area contributed by atoms with Crippen LogP contribution < -0.4 is 5.56 Å². The number of hydrogen-bond acceptors (Lipinski definition) is 4.